The molecule has 45 heavy (non-hydrogen) atoms. The van der Waals surface area contributed by atoms with Crippen molar-refractivity contribution >= 4 is 56.1 Å². The van der Waals surface area contributed by atoms with E-state index >= 15 is 0 Å². The summed E-state index contributed by atoms with van der Waals surface area (Å²) in [5.74, 6) is 0. The van der Waals surface area contributed by atoms with Gasteiger partial charge in [0.1, 0.15) is 22.2 Å². The monoisotopic (exact) mass is 579 g/mol. The highest BCUT2D eigenvalue weighted by Gasteiger charge is 2.22. The number of anilines is 2. The number of para-hydroxylation sites is 2. The van der Waals surface area contributed by atoms with E-state index in [-0.39, 0.29) is 0 Å². The van der Waals surface area contributed by atoms with Crippen molar-refractivity contribution in [3.8, 4) is 22.3 Å². The fraction of sp³-hybridized carbons (Fsp3) is 0.0476. The highest BCUT2D eigenvalue weighted by Crippen LogP contribution is 2.38. The van der Waals surface area contributed by atoms with Crippen LogP contribution in [-0.2, 0) is 0 Å². The molecular weight excluding hydrogens is 550 g/mol. The molecule has 0 bridgehead atoms. The first-order chi connectivity index (χ1) is 22.3. The Morgan fingerprint density at radius 2 is 1.00 bits per heavy atom. The van der Waals surface area contributed by atoms with Crippen molar-refractivity contribution in [3.63, 3.8) is 0 Å². The van der Waals surface area contributed by atoms with Gasteiger partial charge in [0.2, 0.25) is 0 Å². The third-order valence-corrected chi connectivity index (χ3v) is 8.96. The molecule has 0 N–H and O–H groups in total. The third-order valence-electron chi connectivity index (χ3n) is 8.96. The van der Waals surface area contributed by atoms with Gasteiger partial charge in [-0.05, 0) is 77.6 Å². The number of furan rings is 2. The van der Waals surface area contributed by atoms with Crippen LogP contribution in [0.25, 0.3) is 66.9 Å². The van der Waals surface area contributed by atoms with Crippen LogP contribution in [0.4, 0.5) is 11.4 Å². The second kappa shape index (κ2) is 10.4. The van der Waals surface area contributed by atoms with Crippen molar-refractivity contribution in [2.75, 3.05) is 4.90 Å². The van der Waals surface area contributed by atoms with Crippen molar-refractivity contribution in [2.45, 2.75) is 12.8 Å². The largest absolute Gasteiger partial charge is 0.456 e. The molecule has 214 valence electrons. The number of benzene rings is 6. The van der Waals surface area contributed by atoms with Crippen LogP contribution in [0.1, 0.15) is 12.8 Å². The van der Waals surface area contributed by atoms with Crippen LogP contribution in [0.15, 0.2) is 154 Å². The molecule has 2 heterocycles. The van der Waals surface area contributed by atoms with Gasteiger partial charge in [-0.1, -0.05) is 103 Å². The molecule has 0 unspecified atom stereocenters. The topological polar surface area (TPSA) is 29.5 Å². The Morgan fingerprint density at radius 1 is 0.444 bits per heavy atom. The van der Waals surface area contributed by atoms with Crippen LogP contribution in [0.3, 0.4) is 0 Å². The van der Waals surface area contributed by atoms with E-state index in [9.17, 15) is 0 Å². The second-order valence-corrected chi connectivity index (χ2v) is 11.6. The zero-order chi connectivity index (χ0) is 29.7. The fourth-order valence-electron chi connectivity index (χ4n) is 6.80. The van der Waals surface area contributed by atoms with Crippen LogP contribution in [0.2, 0.25) is 0 Å². The fourth-order valence-corrected chi connectivity index (χ4v) is 6.80. The minimum Gasteiger partial charge on any atom is -0.456 e. The molecule has 8 aromatic rings. The minimum absolute atomic E-state index is 0.883. The van der Waals surface area contributed by atoms with Crippen molar-refractivity contribution in [2.24, 2.45) is 0 Å². The summed E-state index contributed by atoms with van der Waals surface area (Å²) in [6.07, 6.45) is 4.04. The highest BCUT2D eigenvalue weighted by molar-refractivity contribution is 6.06. The van der Waals surface area contributed by atoms with Crippen LogP contribution < -0.4 is 15.5 Å². The number of hydrogen-bond donors (Lipinski definition) is 0. The average Bonchev–Trinajstić information content (AvgIpc) is 3.68. The Kier molecular flexibility index (Phi) is 5.95. The van der Waals surface area contributed by atoms with Crippen molar-refractivity contribution in [1.82, 2.24) is 0 Å². The zero-order valence-electron chi connectivity index (χ0n) is 24.6. The van der Waals surface area contributed by atoms with E-state index in [4.69, 9.17) is 8.83 Å². The Bertz CT molecular complexity index is 2470. The third kappa shape index (κ3) is 4.36. The van der Waals surface area contributed by atoms with Crippen LogP contribution in [-0.4, -0.2) is 0 Å². The van der Waals surface area contributed by atoms with Gasteiger partial charge >= 0.3 is 0 Å². The maximum Gasteiger partial charge on any atom is 0.137 e. The van der Waals surface area contributed by atoms with E-state index in [2.05, 4.69) is 138 Å². The van der Waals surface area contributed by atoms with Crippen molar-refractivity contribution < 1.29 is 8.83 Å². The second-order valence-electron chi connectivity index (χ2n) is 11.6. The van der Waals surface area contributed by atoms with E-state index in [1.807, 2.05) is 18.2 Å². The lowest BCUT2D eigenvalue weighted by Gasteiger charge is -2.29. The maximum absolute atomic E-state index is 6.35. The normalized spacial score (nSPS) is 12.8. The standard InChI is InChI=1S/C42H29NO2/c1-2-9-28(10-3-1)29-17-19-30(20-18-29)31-21-23-32(24-22-31)43(33-25-26-35-34-11-4-6-14-38(34)45-41(35)27-33)37-13-8-16-40-42(37)36-12-5-7-15-39(36)44-40/h1-7,9-12,14-27H,8,13H2. The molecule has 0 radical (unpaired) electrons. The Labute approximate surface area is 260 Å². The molecule has 0 atom stereocenters. The number of nitrogens with zero attached hydrogens (tertiary/aromatic N) is 1. The maximum atomic E-state index is 6.35. The lowest BCUT2D eigenvalue weighted by Crippen LogP contribution is -2.33. The molecule has 1 aliphatic carbocycles. The first-order valence-corrected chi connectivity index (χ1v) is 15.5. The van der Waals surface area contributed by atoms with Gasteiger partial charge in [-0.25, -0.2) is 0 Å². The lowest BCUT2D eigenvalue weighted by atomic mass is 9.99. The van der Waals surface area contributed by atoms with Crippen LogP contribution >= 0.6 is 0 Å². The van der Waals surface area contributed by atoms with Gasteiger partial charge in [-0.2, -0.15) is 0 Å². The predicted octanol–water partition coefficient (Wildman–Crippen LogP) is 10.2. The molecule has 2 aromatic heterocycles. The Balaban J connectivity index is 1.19. The minimum atomic E-state index is 0.883. The van der Waals surface area contributed by atoms with Crippen LogP contribution in [0, 0.1) is 0 Å². The number of fused-ring (bicyclic) bond motifs is 6. The molecule has 3 heteroatoms. The molecule has 1 aliphatic rings. The predicted molar refractivity (Wildman–Crippen MR) is 186 cm³/mol. The van der Waals surface area contributed by atoms with Gasteiger partial charge in [0.25, 0.3) is 0 Å². The molecule has 0 fully saturated rings. The molecule has 3 nitrogen and oxygen atoms in total. The molecule has 6 aromatic carbocycles. The van der Waals surface area contributed by atoms with Crippen LogP contribution in [0.5, 0.6) is 0 Å². The summed E-state index contributed by atoms with van der Waals surface area (Å²) in [7, 11) is 0. The quantitative estimate of drug-likeness (QED) is 0.203. The molecule has 0 spiro atoms. The molecule has 0 amide bonds. The summed E-state index contributed by atoms with van der Waals surface area (Å²) in [5.41, 5.74) is 11.9. The number of hydrogen-bond acceptors (Lipinski definition) is 3. The Morgan fingerprint density at radius 3 is 1.73 bits per heavy atom. The van der Waals surface area contributed by atoms with Gasteiger partial charge in [-0.3, -0.25) is 0 Å². The summed E-state index contributed by atoms with van der Waals surface area (Å²) in [6, 6.07) is 51.4. The average molecular weight is 580 g/mol. The first kappa shape index (κ1) is 25.7. The SMILES string of the molecule is C1=c2oc3ccccc3c2=C(N(c2ccc(-c3ccc(-c4ccccc4)cc3)cc2)c2ccc3c(c2)oc2ccccc23)CC1. The molecule has 0 aliphatic heterocycles. The highest BCUT2D eigenvalue weighted by atomic mass is 16.3. The van der Waals surface area contributed by atoms with E-state index in [0.29, 0.717) is 0 Å². The van der Waals surface area contributed by atoms with Gasteiger partial charge in [0, 0.05) is 44.5 Å². The molecule has 0 saturated carbocycles. The Hall–Kier alpha value is -5.80. The summed E-state index contributed by atoms with van der Waals surface area (Å²) >= 11 is 0. The molecule has 0 saturated heterocycles. The smallest absolute Gasteiger partial charge is 0.137 e. The van der Waals surface area contributed by atoms with E-state index in [1.165, 1.54) is 33.2 Å². The van der Waals surface area contributed by atoms with Crippen molar-refractivity contribution in [3.05, 3.63) is 156 Å². The molecular formula is C42H29NO2. The van der Waals surface area contributed by atoms with E-state index in [0.717, 1.165) is 62.5 Å². The summed E-state index contributed by atoms with van der Waals surface area (Å²) < 4.78 is 12.7. The number of rotatable bonds is 5. The molecule has 9 rings (SSSR count). The summed E-state index contributed by atoms with van der Waals surface area (Å²) in [6.45, 7) is 0. The summed E-state index contributed by atoms with van der Waals surface area (Å²) in [4.78, 5) is 2.39. The van der Waals surface area contributed by atoms with Gasteiger partial charge in [-0.15, -0.1) is 0 Å². The van der Waals surface area contributed by atoms with Gasteiger partial charge in [0.15, 0.2) is 0 Å². The van der Waals surface area contributed by atoms with Crippen molar-refractivity contribution in [1.29, 1.82) is 0 Å². The lowest BCUT2D eigenvalue weighted by molar-refractivity contribution is 0.570. The van der Waals surface area contributed by atoms with Gasteiger partial charge in [0.05, 0.1) is 0 Å². The van der Waals surface area contributed by atoms with Gasteiger partial charge < -0.3 is 13.7 Å². The summed E-state index contributed by atoms with van der Waals surface area (Å²) in [5, 5.41) is 4.57. The first-order valence-electron chi connectivity index (χ1n) is 15.5. The van der Waals surface area contributed by atoms with E-state index in [1.54, 1.807) is 0 Å². The zero-order valence-corrected chi connectivity index (χ0v) is 24.6. The van der Waals surface area contributed by atoms with E-state index < -0.39 is 0 Å².